The van der Waals surface area contributed by atoms with E-state index in [-0.39, 0.29) is 5.91 Å². The molecule has 2 aliphatic rings. The number of amides is 1. The van der Waals surface area contributed by atoms with Gasteiger partial charge in [-0.2, -0.15) is 0 Å². The first-order chi connectivity index (χ1) is 12.7. The predicted octanol–water partition coefficient (Wildman–Crippen LogP) is 2.44. The van der Waals surface area contributed by atoms with Gasteiger partial charge < -0.3 is 20.0 Å². The van der Waals surface area contributed by atoms with Crippen LogP contribution >= 0.6 is 0 Å². The Kier molecular flexibility index (Phi) is 4.80. The topological polar surface area (TPSA) is 38.8 Å². The van der Waals surface area contributed by atoms with Gasteiger partial charge in [-0.15, -0.1) is 0 Å². The number of piperazine rings is 1. The summed E-state index contributed by atoms with van der Waals surface area (Å²) in [5.41, 5.74) is 4.61. The van der Waals surface area contributed by atoms with Crippen molar-refractivity contribution in [1.29, 1.82) is 0 Å². The van der Waals surface area contributed by atoms with Gasteiger partial charge in [0.25, 0.3) is 0 Å². The van der Waals surface area contributed by atoms with Gasteiger partial charge in [-0.05, 0) is 49.4 Å². The Morgan fingerprint density at radius 2 is 1.69 bits per heavy atom. The quantitative estimate of drug-likeness (QED) is 0.919. The minimum atomic E-state index is 0.0362. The average Bonchev–Trinajstić information content (AvgIpc) is 3.06. The van der Waals surface area contributed by atoms with Crippen molar-refractivity contribution in [2.45, 2.75) is 6.42 Å². The van der Waals surface area contributed by atoms with Crippen LogP contribution in [-0.2, 0) is 11.2 Å². The maximum Gasteiger partial charge on any atom is 0.243 e. The van der Waals surface area contributed by atoms with E-state index >= 15 is 0 Å². The van der Waals surface area contributed by atoms with E-state index in [9.17, 15) is 4.79 Å². The van der Waals surface area contributed by atoms with Gasteiger partial charge in [0.1, 0.15) is 0 Å². The minimum absolute atomic E-state index is 0.0362. The molecule has 0 atom stereocenters. The fraction of sp³-hybridized carbons (Fsp3) is 0.381. The smallest absolute Gasteiger partial charge is 0.243 e. The first-order valence-electron chi connectivity index (χ1n) is 9.35. The van der Waals surface area contributed by atoms with Gasteiger partial charge in [0.15, 0.2) is 0 Å². The van der Waals surface area contributed by atoms with Crippen LogP contribution in [0, 0.1) is 0 Å². The fourth-order valence-electron chi connectivity index (χ4n) is 3.76. The number of rotatable bonds is 4. The van der Waals surface area contributed by atoms with E-state index in [4.69, 9.17) is 0 Å². The molecule has 4 rings (SSSR count). The largest absolute Gasteiger partial charge is 0.369 e. The summed E-state index contributed by atoms with van der Waals surface area (Å²) in [4.78, 5) is 19.3. The second kappa shape index (κ2) is 7.38. The number of carbonyl (C=O) groups is 1. The molecule has 1 amide bonds. The molecule has 5 heteroatoms. The van der Waals surface area contributed by atoms with Crippen LogP contribution in [0.15, 0.2) is 48.5 Å². The molecule has 2 aliphatic heterocycles. The summed E-state index contributed by atoms with van der Waals surface area (Å²) in [6, 6.07) is 16.5. The molecule has 0 aromatic heterocycles. The molecule has 0 radical (unpaired) electrons. The number of carbonyl (C=O) groups excluding carboxylic acids is 1. The standard InChI is InChI=1S/C21H26N4O/c1-23-12-14-24(15-13-23)19-8-6-18(7-9-19)22-21(26)16-25-11-10-17-4-2-3-5-20(17)25/h2-9H,10-16H2,1H3,(H,22,26). The van der Waals surface area contributed by atoms with E-state index in [1.54, 1.807) is 0 Å². The maximum absolute atomic E-state index is 12.4. The number of fused-ring (bicyclic) bond motifs is 1. The number of para-hydroxylation sites is 1. The molecule has 1 saturated heterocycles. The van der Waals surface area contributed by atoms with E-state index < -0.39 is 0 Å². The highest BCUT2D eigenvalue weighted by Gasteiger charge is 2.20. The van der Waals surface area contributed by atoms with Crippen LogP contribution in [-0.4, -0.2) is 57.1 Å². The molecule has 136 valence electrons. The maximum atomic E-state index is 12.4. The number of anilines is 3. The Morgan fingerprint density at radius 3 is 2.46 bits per heavy atom. The Balaban J connectivity index is 1.33. The zero-order chi connectivity index (χ0) is 17.9. The van der Waals surface area contributed by atoms with Gasteiger partial charge in [-0.3, -0.25) is 4.79 Å². The van der Waals surface area contributed by atoms with Gasteiger partial charge in [0, 0.05) is 49.8 Å². The van der Waals surface area contributed by atoms with E-state index in [0.29, 0.717) is 6.54 Å². The van der Waals surface area contributed by atoms with Crippen molar-refractivity contribution >= 4 is 23.0 Å². The summed E-state index contributed by atoms with van der Waals surface area (Å²) in [5, 5.41) is 3.03. The Morgan fingerprint density at radius 1 is 0.962 bits per heavy atom. The third-order valence-corrected chi connectivity index (χ3v) is 5.34. The lowest BCUT2D eigenvalue weighted by Crippen LogP contribution is -2.44. The molecule has 2 aromatic rings. The third kappa shape index (κ3) is 3.68. The van der Waals surface area contributed by atoms with Gasteiger partial charge in [-0.25, -0.2) is 0 Å². The average molecular weight is 350 g/mol. The fourth-order valence-corrected chi connectivity index (χ4v) is 3.76. The highest BCUT2D eigenvalue weighted by Crippen LogP contribution is 2.27. The summed E-state index contributed by atoms with van der Waals surface area (Å²) in [5.74, 6) is 0.0362. The van der Waals surface area contributed by atoms with E-state index in [1.165, 1.54) is 16.9 Å². The van der Waals surface area contributed by atoms with Crippen LogP contribution in [0.25, 0.3) is 0 Å². The van der Waals surface area contributed by atoms with Crippen molar-refractivity contribution in [1.82, 2.24) is 4.90 Å². The molecule has 26 heavy (non-hydrogen) atoms. The van der Waals surface area contributed by atoms with Crippen LogP contribution in [0.4, 0.5) is 17.1 Å². The van der Waals surface area contributed by atoms with Crippen LogP contribution in [0.1, 0.15) is 5.56 Å². The lowest BCUT2D eigenvalue weighted by atomic mass is 10.2. The zero-order valence-electron chi connectivity index (χ0n) is 15.3. The van der Waals surface area contributed by atoms with E-state index in [0.717, 1.165) is 44.8 Å². The number of hydrogen-bond acceptors (Lipinski definition) is 4. The molecule has 2 heterocycles. The first kappa shape index (κ1) is 16.9. The molecule has 0 aliphatic carbocycles. The molecule has 2 aromatic carbocycles. The van der Waals surface area contributed by atoms with Crippen LogP contribution in [0.2, 0.25) is 0 Å². The summed E-state index contributed by atoms with van der Waals surface area (Å²) in [6.07, 6.45) is 1.02. The van der Waals surface area contributed by atoms with Gasteiger partial charge >= 0.3 is 0 Å². The zero-order valence-corrected chi connectivity index (χ0v) is 15.3. The minimum Gasteiger partial charge on any atom is -0.369 e. The van der Waals surface area contributed by atoms with Crippen LogP contribution < -0.4 is 15.1 Å². The number of nitrogens with one attached hydrogen (secondary N) is 1. The summed E-state index contributed by atoms with van der Waals surface area (Å²) in [6.45, 7) is 5.60. The van der Waals surface area contributed by atoms with Crippen molar-refractivity contribution in [3.05, 3.63) is 54.1 Å². The third-order valence-electron chi connectivity index (χ3n) is 5.34. The number of nitrogens with zero attached hydrogens (tertiary/aromatic N) is 3. The van der Waals surface area contributed by atoms with E-state index in [2.05, 4.69) is 57.4 Å². The molecule has 0 saturated carbocycles. The molecule has 5 nitrogen and oxygen atoms in total. The Hall–Kier alpha value is -2.53. The van der Waals surface area contributed by atoms with Crippen molar-refractivity contribution < 1.29 is 4.79 Å². The molecule has 0 spiro atoms. The molecular formula is C21H26N4O. The van der Waals surface area contributed by atoms with Crippen LogP contribution in [0.3, 0.4) is 0 Å². The highest BCUT2D eigenvalue weighted by atomic mass is 16.2. The summed E-state index contributed by atoms with van der Waals surface area (Å²) in [7, 11) is 2.16. The molecule has 0 unspecified atom stereocenters. The first-order valence-corrected chi connectivity index (χ1v) is 9.35. The molecule has 0 bridgehead atoms. The monoisotopic (exact) mass is 350 g/mol. The number of hydrogen-bond donors (Lipinski definition) is 1. The SMILES string of the molecule is CN1CCN(c2ccc(NC(=O)CN3CCc4ccccc43)cc2)CC1. The van der Waals surface area contributed by atoms with Crippen molar-refractivity contribution in [2.75, 3.05) is 61.4 Å². The van der Waals surface area contributed by atoms with Gasteiger partial charge in [0.05, 0.1) is 6.54 Å². The van der Waals surface area contributed by atoms with Crippen LogP contribution in [0.5, 0.6) is 0 Å². The van der Waals surface area contributed by atoms with Crippen molar-refractivity contribution in [3.63, 3.8) is 0 Å². The lowest BCUT2D eigenvalue weighted by Gasteiger charge is -2.34. The molecular weight excluding hydrogens is 324 g/mol. The predicted molar refractivity (Wildman–Crippen MR) is 107 cm³/mol. The van der Waals surface area contributed by atoms with Crippen molar-refractivity contribution in [2.24, 2.45) is 0 Å². The number of benzene rings is 2. The van der Waals surface area contributed by atoms with Gasteiger partial charge in [0.2, 0.25) is 5.91 Å². The molecule has 1 N–H and O–H groups in total. The highest BCUT2D eigenvalue weighted by molar-refractivity contribution is 5.94. The van der Waals surface area contributed by atoms with Gasteiger partial charge in [-0.1, -0.05) is 18.2 Å². The second-order valence-corrected chi connectivity index (χ2v) is 7.19. The van der Waals surface area contributed by atoms with E-state index in [1.807, 2.05) is 18.2 Å². The molecule has 1 fully saturated rings. The van der Waals surface area contributed by atoms with Crippen molar-refractivity contribution in [3.8, 4) is 0 Å². The Bertz CT molecular complexity index is 766. The Labute approximate surface area is 155 Å². The summed E-state index contributed by atoms with van der Waals surface area (Å²) >= 11 is 0. The second-order valence-electron chi connectivity index (χ2n) is 7.19. The normalized spacial score (nSPS) is 17.3. The lowest BCUT2D eigenvalue weighted by molar-refractivity contribution is -0.115. The summed E-state index contributed by atoms with van der Waals surface area (Å²) < 4.78 is 0. The number of likely N-dealkylation sites (N-methyl/N-ethyl adjacent to an activating group) is 1.